The van der Waals surface area contributed by atoms with Gasteiger partial charge in [-0.1, -0.05) is 18.2 Å². The Morgan fingerprint density at radius 3 is 2.58 bits per heavy atom. The molecule has 0 unspecified atom stereocenters. The molecule has 4 aromatic rings. The van der Waals surface area contributed by atoms with Gasteiger partial charge in [-0.25, -0.2) is 4.39 Å². The summed E-state index contributed by atoms with van der Waals surface area (Å²) >= 11 is 5.70. The molecule has 0 spiro atoms. The Labute approximate surface area is 213 Å². The van der Waals surface area contributed by atoms with Crippen LogP contribution in [0.1, 0.15) is 29.9 Å². The highest BCUT2D eigenvalue weighted by molar-refractivity contribution is 7.80. The fourth-order valence-corrected chi connectivity index (χ4v) is 4.78. The van der Waals surface area contributed by atoms with Crippen LogP contribution in [0.5, 0.6) is 5.75 Å². The summed E-state index contributed by atoms with van der Waals surface area (Å²) < 4.78 is 16.0. The number of aromatic hydroxyl groups is 1. The van der Waals surface area contributed by atoms with Crippen molar-refractivity contribution in [2.45, 2.75) is 18.5 Å². The number of carbonyl (C=O) groups excluding carboxylic acids is 1. The highest BCUT2D eigenvalue weighted by atomic mass is 32.1. The molecule has 182 valence electrons. The second-order valence-electron chi connectivity index (χ2n) is 8.42. The van der Waals surface area contributed by atoms with Crippen molar-refractivity contribution in [2.24, 2.45) is 0 Å². The van der Waals surface area contributed by atoms with Gasteiger partial charge in [-0.3, -0.25) is 9.78 Å². The van der Waals surface area contributed by atoms with Gasteiger partial charge in [0.15, 0.2) is 5.11 Å². The van der Waals surface area contributed by atoms with Crippen LogP contribution in [0.2, 0.25) is 0 Å². The molecule has 1 aliphatic heterocycles. The second kappa shape index (κ2) is 10.2. The standard InChI is InChI=1S/C27H24FN5O2S/c28-20-6-1-2-7-21(20)30-24(35)14-17-33-26(25(31-27(33)36)22-8-3-4-15-29-22)23-9-5-16-32(23)18-10-12-19(34)13-11-18/h1-13,15-16,25-26,34H,14,17H2,(H,30,35)(H,31,36)/t25-,26-/m1/s1. The fraction of sp³-hybridized carbons (Fsp3) is 0.148. The molecular formula is C27H24FN5O2S. The molecule has 2 atom stereocenters. The average molecular weight is 502 g/mol. The van der Waals surface area contributed by atoms with Crippen LogP contribution in [-0.2, 0) is 4.79 Å². The molecule has 0 bridgehead atoms. The Hall–Kier alpha value is -4.24. The Kier molecular flexibility index (Phi) is 6.64. The first-order valence-electron chi connectivity index (χ1n) is 11.5. The van der Waals surface area contributed by atoms with Crippen molar-refractivity contribution in [1.29, 1.82) is 0 Å². The van der Waals surface area contributed by atoms with Crippen molar-refractivity contribution < 1.29 is 14.3 Å². The van der Waals surface area contributed by atoms with Crippen molar-refractivity contribution in [1.82, 2.24) is 19.8 Å². The van der Waals surface area contributed by atoms with Crippen LogP contribution in [0.25, 0.3) is 5.69 Å². The predicted octanol–water partition coefficient (Wildman–Crippen LogP) is 4.72. The van der Waals surface area contributed by atoms with Gasteiger partial charge in [0.05, 0.1) is 23.5 Å². The van der Waals surface area contributed by atoms with Gasteiger partial charge in [0.25, 0.3) is 0 Å². The van der Waals surface area contributed by atoms with E-state index < -0.39 is 5.82 Å². The lowest BCUT2D eigenvalue weighted by molar-refractivity contribution is -0.116. The first-order chi connectivity index (χ1) is 17.5. The van der Waals surface area contributed by atoms with Crippen LogP contribution in [-0.4, -0.2) is 37.1 Å². The highest BCUT2D eigenvalue weighted by Gasteiger charge is 2.41. The van der Waals surface area contributed by atoms with E-state index in [1.54, 1.807) is 30.5 Å². The molecule has 1 fully saturated rings. The minimum atomic E-state index is -0.482. The van der Waals surface area contributed by atoms with Crippen LogP contribution in [0.3, 0.4) is 0 Å². The molecule has 3 heterocycles. The third-order valence-corrected chi connectivity index (χ3v) is 6.49. The Balaban J connectivity index is 1.44. The van der Waals surface area contributed by atoms with Gasteiger partial charge in [0.2, 0.25) is 5.91 Å². The minimum Gasteiger partial charge on any atom is -0.508 e. The summed E-state index contributed by atoms with van der Waals surface area (Å²) in [7, 11) is 0. The van der Waals surface area contributed by atoms with Crippen molar-refractivity contribution in [3.63, 3.8) is 0 Å². The number of anilines is 1. The summed E-state index contributed by atoms with van der Waals surface area (Å²) in [5, 5.41) is 16.3. The third-order valence-electron chi connectivity index (χ3n) is 6.14. The van der Waals surface area contributed by atoms with Gasteiger partial charge in [0, 0.05) is 36.7 Å². The smallest absolute Gasteiger partial charge is 0.226 e. The van der Waals surface area contributed by atoms with E-state index in [-0.39, 0.29) is 35.8 Å². The number of carbonyl (C=O) groups is 1. The number of benzene rings is 2. The van der Waals surface area contributed by atoms with E-state index in [1.165, 1.54) is 12.1 Å². The largest absolute Gasteiger partial charge is 0.508 e. The number of aromatic nitrogens is 2. The maximum atomic E-state index is 14.0. The van der Waals surface area contributed by atoms with Gasteiger partial charge in [0.1, 0.15) is 11.6 Å². The third kappa shape index (κ3) is 4.78. The monoisotopic (exact) mass is 501 g/mol. The Morgan fingerprint density at radius 2 is 1.83 bits per heavy atom. The molecule has 0 aliphatic carbocycles. The number of nitrogens with zero attached hydrogens (tertiary/aromatic N) is 3. The number of halogens is 1. The van der Waals surface area contributed by atoms with E-state index in [2.05, 4.69) is 15.6 Å². The quantitative estimate of drug-likeness (QED) is 0.318. The molecule has 5 rings (SSSR count). The number of nitrogens with one attached hydrogen (secondary N) is 2. The first kappa shape index (κ1) is 23.5. The van der Waals surface area contributed by atoms with Crippen LogP contribution in [0.15, 0.2) is 91.3 Å². The molecule has 2 aromatic carbocycles. The van der Waals surface area contributed by atoms with Gasteiger partial charge in [-0.15, -0.1) is 0 Å². The normalized spacial score (nSPS) is 17.1. The Morgan fingerprint density at radius 1 is 1.06 bits per heavy atom. The lowest BCUT2D eigenvalue weighted by Gasteiger charge is -2.29. The van der Waals surface area contributed by atoms with E-state index in [9.17, 15) is 14.3 Å². The number of rotatable bonds is 7. The number of amides is 1. The predicted molar refractivity (Wildman–Crippen MR) is 139 cm³/mol. The molecule has 7 nitrogen and oxygen atoms in total. The zero-order chi connectivity index (χ0) is 25.1. The molecule has 3 N–H and O–H groups in total. The number of hydrogen-bond donors (Lipinski definition) is 3. The number of pyridine rings is 1. The van der Waals surface area contributed by atoms with Crippen LogP contribution in [0, 0.1) is 5.82 Å². The molecule has 36 heavy (non-hydrogen) atoms. The van der Waals surface area contributed by atoms with Crippen molar-refractivity contribution in [3.8, 4) is 11.4 Å². The zero-order valence-corrected chi connectivity index (χ0v) is 20.0. The molecule has 1 aliphatic rings. The summed E-state index contributed by atoms with van der Waals surface area (Å²) in [5.74, 6) is -0.606. The number of para-hydroxylation sites is 1. The molecule has 1 saturated heterocycles. The maximum Gasteiger partial charge on any atom is 0.226 e. The van der Waals surface area contributed by atoms with Crippen LogP contribution in [0.4, 0.5) is 10.1 Å². The van der Waals surface area contributed by atoms with E-state index in [0.29, 0.717) is 11.7 Å². The maximum absolute atomic E-state index is 14.0. The van der Waals surface area contributed by atoms with Gasteiger partial charge >= 0.3 is 0 Å². The number of phenolic OH excluding ortho intramolecular Hbond substituents is 1. The van der Waals surface area contributed by atoms with Crippen molar-refractivity contribution in [3.05, 3.63) is 108 Å². The number of thiocarbonyl (C=S) groups is 1. The first-order valence-corrected chi connectivity index (χ1v) is 11.9. The molecule has 2 aromatic heterocycles. The SMILES string of the molecule is O=C(CCN1C(=S)N[C@H](c2ccccn2)[C@H]1c1cccn1-c1ccc(O)cc1)Nc1ccccc1F. The average Bonchev–Trinajstić information content (AvgIpc) is 3.49. The highest BCUT2D eigenvalue weighted by Crippen LogP contribution is 2.39. The summed E-state index contributed by atoms with van der Waals surface area (Å²) in [5.41, 5.74) is 2.79. The van der Waals surface area contributed by atoms with E-state index in [4.69, 9.17) is 12.2 Å². The molecule has 0 saturated carbocycles. The van der Waals surface area contributed by atoms with E-state index in [0.717, 1.165) is 17.1 Å². The summed E-state index contributed by atoms with van der Waals surface area (Å²) in [6.07, 6.45) is 3.80. The van der Waals surface area contributed by atoms with Gasteiger partial charge < -0.3 is 25.2 Å². The molecular weight excluding hydrogens is 477 g/mol. The van der Waals surface area contributed by atoms with Crippen molar-refractivity contribution in [2.75, 3.05) is 11.9 Å². The second-order valence-corrected chi connectivity index (χ2v) is 8.80. The summed E-state index contributed by atoms with van der Waals surface area (Å²) in [4.78, 5) is 19.2. The summed E-state index contributed by atoms with van der Waals surface area (Å²) in [6, 6.07) is 22.2. The van der Waals surface area contributed by atoms with Crippen LogP contribution < -0.4 is 10.6 Å². The number of phenols is 1. The molecule has 0 radical (unpaired) electrons. The topological polar surface area (TPSA) is 82.4 Å². The van der Waals surface area contributed by atoms with Crippen molar-refractivity contribution >= 4 is 28.9 Å². The Bertz CT molecular complexity index is 1380. The lowest BCUT2D eigenvalue weighted by Crippen LogP contribution is -2.33. The molecule has 1 amide bonds. The lowest BCUT2D eigenvalue weighted by atomic mass is 10.0. The minimum absolute atomic E-state index is 0.113. The zero-order valence-electron chi connectivity index (χ0n) is 19.2. The summed E-state index contributed by atoms with van der Waals surface area (Å²) in [6.45, 7) is 0.320. The molecule has 9 heteroatoms. The van der Waals surface area contributed by atoms with Gasteiger partial charge in [-0.05, 0) is 72.9 Å². The van der Waals surface area contributed by atoms with E-state index in [1.807, 2.05) is 58.1 Å². The fourth-order valence-electron chi connectivity index (χ4n) is 4.45. The van der Waals surface area contributed by atoms with E-state index >= 15 is 0 Å². The van der Waals surface area contributed by atoms with Crippen LogP contribution >= 0.6 is 12.2 Å². The number of hydrogen-bond acceptors (Lipinski definition) is 4. The van der Waals surface area contributed by atoms with Gasteiger partial charge in [-0.2, -0.15) is 0 Å².